The number of aromatic nitrogens is 3. The Hall–Kier alpha value is -4.10. The van der Waals surface area contributed by atoms with Crippen molar-refractivity contribution < 1.29 is 9.32 Å². The van der Waals surface area contributed by atoms with Crippen molar-refractivity contribution in [3.8, 4) is 28.5 Å². The van der Waals surface area contributed by atoms with Crippen LogP contribution in [0.2, 0.25) is 0 Å². The summed E-state index contributed by atoms with van der Waals surface area (Å²) in [6.07, 6.45) is 0.871. The first-order valence-electron chi connectivity index (χ1n) is 12.4. The minimum absolute atomic E-state index is 0.0343. The lowest BCUT2D eigenvalue weighted by molar-refractivity contribution is 0.0984. The van der Waals surface area contributed by atoms with E-state index in [9.17, 15) is 4.79 Å². The van der Waals surface area contributed by atoms with Gasteiger partial charge < -0.3 is 14.0 Å². The number of hydrogen-bond donors (Lipinski definition) is 0. The summed E-state index contributed by atoms with van der Waals surface area (Å²) in [5.41, 5.74) is 6.82. The molecule has 0 aliphatic carbocycles. The molecule has 1 aliphatic rings. The third-order valence-electron chi connectivity index (χ3n) is 6.61. The van der Waals surface area contributed by atoms with E-state index in [2.05, 4.69) is 54.8 Å². The largest absolute Gasteiger partial charge is 0.334 e. The highest BCUT2D eigenvalue weighted by atomic mass is 32.2. The highest BCUT2D eigenvalue weighted by Gasteiger charge is 2.27. The average molecular weight is 507 g/mol. The number of carbonyl (C=O) groups excluding carboxylic acids is 1. The van der Waals surface area contributed by atoms with Crippen molar-refractivity contribution in [1.82, 2.24) is 14.7 Å². The quantitative estimate of drug-likeness (QED) is 0.250. The molecule has 6 rings (SSSR count). The molecule has 1 aliphatic heterocycles. The molecule has 0 fully saturated rings. The minimum atomic E-state index is 0.0343. The van der Waals surface area contributed by atoms with E-state index in [4.69, 9.17) is 9.51 Å². The lowest BCUT2D eigenvalue weighted by Gasteiger charge is -2.22. The van der Waals surface area contributed by atoms with Crippen LogP contribution in [0.4, 0.5) is 5.69 Å². The molecule has 1 amide bonds. The number of carbonyl (C=O) groups is 1. The van der Waals surface area contributed by atoms with E-state index < -0.39 is 0 Å². The Morgan fingerprint density at radius 3 is 2.35 bits per heavy atom. The molecule has 0 spiro atoms. The van der Waals surface area contributed by atoms with Crippen molar-refractivity contribution in [1.29, 1.82) is 0 Å². The number of benzene rings is 3. The first kappa shape index (κ1) is 23.3. The van der Waals surface area contributed by atoms with E-state index in [1.807, 2.05) is 59.5 Å². The zero-order chi connectivity index (χ0) is 25.5. The van der Waals surface area contributed by atoms with E-state index >= 15 is 0 Å². The number of fused-ring (bicyclic) bond motifs is 2. The standard InChI is InChI=1S/C30H26N4O2S/c1-4-17-33-25-16-13-22(18-27(25)37-26-8-6-5-7-24(26)30(33)35)28-31-29(36-32-28)21-11-14-23(15-12-21)34-19(2)9-10-20(34)3/h5-16,18H,4,17H2,1-3H3. The van der Waals surface area contributed by atoms with Gasteiger partial charge in [0.2, 0.25) is 5.82 Å². The minimum Gasteiger partial charge on any atom is -0.334 e. The number of amides is 1. The summed E-state index contributed by atoms with van der Waals surface area (Å²) in [6.45, 7) is 6.93. The molecule has 3 aromatic carbocycles. The molecule has 0 bridgehead atoms. The Morgan fingerprint density at radius 1 is 0.865 bits per heavy atom. The molecule has 0 N–H and O–H groups in total. The smallest absolute Gasteiger partial charge is 0.259 e. The summed E-state index contributed by atoms with van der Waals surface area (Å²) in [7, 11) is 0. The molecule has 3 heterocycles. The number of anilines is 1. The molecule has 0 radical (unpaired) electrons. The second-order valence-corrected chi connectivity index (χ2v) is 10.2. The molecule has 6 nitrogen and oxygen atoms in total. The van der Waals surface area contributed by atoms with E-state index in [-0.39, 0.29) is 5.91 Å². The van der Waals surface area contributed by atoms with Crippen molar-refractivity contribution in [2.75, 3.05) is 11.4 Å². The van der Waals surface area contributed by atoms with Crippen LogP contribution in [0.3, 0.4) is 0 Å². The molecule has 2 aromatic heterocycles. The summed E-state index contributed by atoms with van der Waals surface area (Å²) < 4.78 is 7.86. The fourth-order valence-corrected chi connectivity index (χ4v) is 5.91. The SMILES string of the molecule is CCCN1C(=O)c2ccccc2Sc2cc(-c3noc(-c4ccc(-n5c(C)ccc5C)cc4)n3)ccc21. The topological polar surface area (TPSA) is 64.2 Å². The summed E-state index contributed by atoms with van der Waals surface area (Å²) in [6, 6.07) is 26.1. The number of aryl methyl sites for hydroxylation is 2. The highest BCUT2D eigenvalue weighted by molar-refractivity contribution is 7.99. The molecule has 0 unspecified atom stereocenters. The highest BCUT2D eigenvalue weighted by Crippen LogP contribution is 2.43. The van der Waals surface area contributed by atoms with Crippen LogP contribution in [-0.4, -0.2) is 27.2 Å². The van der Waals surface area contributed by atoms with Crippen LogP contribution < -0.4 is 4.90 Å². The van der Waals surface area contributed by atoms with Crippen LogP contribution in [0.5, 0.6) is 0 Å². The second-order valence-electron chi connectivity index (χ2n) is 9.16. The van der Waals surface area contributed by atoms with Crippen LogP contribution in [0.1, 0.15) is 35.1 Å². The lowest BCUT2D eigenvalue weighted by atomic mass is 10.1. The van der Waals surface area contributed by atoms with Crippen LogP contribution >= 0.6 is 11.8 Å². The van der Waals surface area contributed by atoms with Gasteiger partial charge in [-0.05, 0) is 87.0 Å². The molecule has 37 heavy (non-hydrogen) atoms. The predicted octanol–water partition coefficient (Wildman–Crippen LogP) is 7.33. The van der Waals surface area contributed by atoms with Gasteiger partial charge in [0.15, 0.2) is 0 Å². The molecule has 5 aromatic rings. The Balaban J connectivity index is 1.33. The lowest BCUT2D eigenvalue weighted by Crippen LogP contribution is -2.31. The van der Waals surface area contributed by atoms with E-state index in [1.165, 1.54) is 11.4 Å². The van der Waals surface area contributed by atoms with Crippen LogP contribution in [-0.2, 0) is 0 Å². The van der Waals surface area contributed by atoms with Gasteiger partial charge in [0.25, 0.3) is 11.8 Å². The number of nitrogens with zero attached hydrogens (tertiary/aromatic N) is 4. The summed E-state index contributed by atoms with van der Waals surface area (Å²) in [5.74, 6) is 1.02. The predicted molar refractivity (Wildman–Crippen MR) is 147 cm³/mol. The third kappa shape index (κ3) is 4.15. The van der Waals surface area contributed by atoms with Gasteiger partial charge >= 0.3 is 0 Å². The van der Waals surface area contributed by atoms with E-state index in [0.29, 0.717) is 18.3 Å². The van der Waals surface area contributed by atoms with Crippen molar-refractivity contribution >= 4 is 23.4 Å². The maximum absolute atomic E-state index is 13.3. The van der Waals surface area contributed by atoms with Gasteiger partial charge in [0.1, 0.15) is 0 Å². The molecule has 0 atom stereocenters. The Labute approximate surface area is 219 Å². The number of hydrogen-bond acceptors (Lipinski definition) is 5. The van der Waals surface area contributed by atoms with Crippen LogP contribution in [0, 0.1) is 13.8 Å². The zero-order valence-corrected chi connectivity index (χ0v) is 21.7. The normalized spacial score (nSPS) is 12.8. The van der Waals surface area contributed by atoms with Gasteiger partial charge in [-0.3, -0.25) is 4.79 Å². The van der Waals surface area contributed by atoms with Gasteiger partial charge in [-0.1, -0.05) is 36.0 Å². The van der Waals surface area contributed by atoms with E-state index in [0.717, 1.165) is 44.3 Å². The van der Waals surface area contributed by atoms with Gasteiger partial charge in [-0.15, -0.1) is 0 Å². The van der Waals surface area contributed by atoms with Crippen molar-refractivity contribution in [3.05, 3.63) is 95.8 Å². The van der Waals surface area contributed by atoms with Crippen molar-refractivity contribution in [3.63, 3.8) is 0 Å². The fourth-order valence-electron chi connectivity index (χ4n) is 4.80. The molecule has 0 saturated carbocycles. The number of rotatable bonds is 5. The van der Waals surface area contributed by atoms with Gasteiger partial charge in [-0.2, -0.15) is 4.98 Å². The summed E-state index contributed by atoms with van der Waals surface area (Å²) in [4.78, 5) is 21.8. The Bertz CT molecular complexity index is 1600. The Morgan fingerprint density at radius 2 is 1.59 bits per heavy atom. The summed E-state index contributed by atoms with van der Waals surface area (Å²) in [5, 5.41) is 4.27. The first-order chi connectivity index (χ1) is 18.0. The fraction of sp³-hybridized carbons (Fsp3) is 0.167. The molecule has 0 saturated heterocycles. The average Bonchev–Trinajstić information content (AvgIpc) is 3.51. The maximum Gasteiger partial charge on any atom is 0.259 e. The molecular formula is C30H26N4O2S. The van der Waals surface area contributed by atoms with E-state index in [1.54, 1.807) is 11.8 Å². The van der Waals surface area contributed by atoms with Crippen LogP contribution in [0.25, 0.3) is 28.5 Å². The second kappa shape index (κ2) is 9.41. The molecule has 7 heteroatoms. The van der Waals surface area contributed by atoms with Gasteiger partial charge in [0.05, 0.1) is 11.3 Å². The molecule has 184 valence electrons. The Kier molecular flexibility index (Phi) is 5.93. The maximum atomic E-state index is 13.3. The van der Waals surface area contributed by atoms with Crippen molar-refractivity contribution in [2.24, 2.45) is 0 Å². The van der Waals surface area contributed by atoms with Gasteiger partial charge in [-0.25, -0.2) is 0 Å². The third-order valence-corrected chi connectivity index (χ3v) is 7.73. The summed E-state index contributed by atoms with van der Waals surface area (Å²) >= 11 is 1.60. The first-order valence-corrected chi connectivity index (χ1v) is 13.2. The molecular weight excluding hydrogens is 480 g/mol. The monoisotopic (exact) mass is 506 g/mol. The van der Waals surface area contributed by atoms with Gasteiger partial charge in [0, 0.05) is 44.5 Å². The van der Waals surface area contributed by atoms with Crippen LogP contribution in [0.15, 0.2) is 93.2 Å². The zero-order valence-electron chi connectivity index (χ0n) is 20.9. The van der Waals surface area contributed by atoms with Crippen molar-refractivity contribution in [2.45, 2.75) is 37.0 Å².